The minimum atomic E-state index is -0.657. The summed E-state index contributed by atoms with van der Waals surface area (Å²) in [5.41, 5.74) is 1.10. The smallest absolute Gasteiger partial charge is 0.267 e. The molecule has 0 fully saturated rings. The summed E-state index contributed by atoms with van der Waals surface area (Å²) in [7, 11) is 0. The summed E-state index contributed by atoms with van der Waals surface area (Å²) in [5, 5.41) is 5.32. The van der Waals surface area contributed by atoms with Gasteiger partial charge in [0.05, 0.1) is 0 Å². The lowest BCUT2D eigenvalue weighted by molar-refractivity contribution is -0.116. The van der Waals surface area contributed by atoms with E-state index in [-0.39, 0.29) is 17.9 Å². The third kappa shape index (κ3) is 4.60. The number of benzene rings is 2. The molecule has 2 aromatic carbocycles. The van der Waals surface area contributed by atoms with Gasteiger partial charge in [-0.2, -0.15) is 0 Å². The van der Waals surface area contributed by atoms with Crippen LogP contribution in [0.15, 0.2) is 59.5 Å². The first kappa shape index (κ1) is 20.9. The largest absolute Gasteiger partial charge is 0.352 e. The number of aryl methyl sites for hydroxylation is 1. The number of rotatable bonds is 6. The molecular formula is C22H21FN4O3. The molecule has 0 spiro atoms. The van der Waals surface area contributed by atoms with Gasteiger partial charge in [-0.3, -0.25) is 19.0 Å². The highest BCUT2D eigenvalue weighted by Crippen LogP contribution is 2.17. The number of anilines is 1. The summed E-state index contributed by atoms with van der Waals surface area (Å²) in [6.07, 6.45) is 1.17. The van der Waals surface area contributed by atoms with Crippen molar-refractivity contribution in [3.8, 4) is 11.4 Å². The van der Waals surface area contributed by atoms with Crippen molar-refractivity contribution in [2.24, 2.45) is 0 Å². The minimum absolute atomic E-state index is 0.160. The van der Waals surface area contributed by atoms with Crippen molar-refractivity contribution in [1.29, 1.82) is 0 Å². The normalized spacial score (nSPS) is 10.5. The Morgan fingerprint density at radius 2 is 1.80 bits per heavy atom. The average Bonchev–Trinajstić information content (AvgIpc) is 2.72. The molecule has 1 aromatic heterocycles. The minimum Gasteiger partial charge on any atom is -0.352 e. The van der Waals surface area contributed by atoms with Crippen LogP contribution in [0.5, 0.6) is 0 Å². The lowest BCUT2D eigenvalue weighted by Crippen LogP contribution is -2.36. The molecule has 0 saturated heterocycles. The van der Waals surface area contributed by atoms with Crippen molar-refractivity contribution in [3.05, 3.63) is 82.0 Å². The van der Waals surface area contributed by atoms with Crippen LogP contribution in [0.2, 0.25) is 0 Å². The Balaban J connectivity index is 2.02. The molecule has 3 aromatic rings. The second-order valence-electron chi connectivity index (χ2n) is 6.62. The van der Waals surface area contributed by atoms with Crippen molar-refractivity contribution in [2.45, 2.75) is 20.4 Å². The van der Waals surface area contributed by atoms with Gasteiger partial charge in [-0.15, -0.1) is 0 Å². The molecule has 1 heterocycles. The highest BCUT2D eigenvalue weighted by molar-refractivity contribution is 5.94. The van der Waals surface area contributed by atoms with E-state index >= 15 is 0 Å². The standard InChI is InChI=1S/C22H21FN4O3/c1-3-24-21(29)17-12-25-20(15-8-10-16(23)11-9-15)27(22(17)30)13-19(28)26-18-7-5-4-6-14(18)2/h4-12H,3,13H2,1-2H3,(H,24,29)(H,26,28). The van der Waals surface area contributed by atoms with Crippen LogP contribution in [0.1, 0.15) is 22.8 Å². The highest BCUT2D eigenvalue weighted by atomic mass is 19.1. The number of aromatic nitrogens is 2. The maximum absolute atomic E-state index is 13.3. The average molecular weight is 408 g/mol. The Bertz CT molecular complexity index is 1140. The number of nitrogens with one attached hydrogen (secondary N) is 2. The van der Waals surface area contributed by atoms with Gasteiger partial charge in [-0.25, -0.2) is 9.37 Å². The second kappa shape index (κ2) is 9.13. The molecule has 0 radical (unpaired) electrons. The molecule has 0 saturated carbocycles. The molecule has 8 heteroatoms. The summed E-state index contributed by atoms with van der Waals surface area (Å²) in [6, 6.07) is 12.6. The van der Waals surface area contributed by atoms with E-state index in [0.29, 0.717) is 17.8 Å². The van der Waals surface area contributed by atoms with E-state index in [0.717, 1.165) is 10.1 Å². The van der Waals surface area contributed by atoms with Crippen LogP contribution < -0.4 is 16.2 Å². The first-order valence-corrected chi connectivity index (χ1v) is 9.40. The van der Waals surface area contributed by atoms with Gasteiger partial charge in [0.15, 0.2) is 0 Å². The van der Waals surface area contributed by atoms with Crippen molar-refractivity contribution in [1.82, 2.24) is 14.9 Å². The number of nitrogens with zero attached hydrogens (tertiary/aromatic N) is 2. The topological polar surface area (TPSA) is 93.1 Å². The third-order valence-electron chi connectivity index (χ3n) is 4.45. The Morgan fingerprint density at radius 1 is 1.10 bits per heavy atom. The molecular weight excluding hydrogens is 387 g/mol. The van der Waals surface area contributed by atoms with Crippen molar-refractivity contribution in [2.75, 3.05) is 11.9 Å². The SMILES string of the molecule is CCNC(=O)c1cnc(-c2ccc(F)cc2)n(CC(=O)Nc2ccccc2C)c1=O. The maximum Gasteiger partial charge on any atom is 0.267 e. The summed E-state index contributed by atoms with van der Waals surface area (Å²) >= 11 is 0. The van der Waals surface area contributed by atoms with E-state index in [1.165, 1.54) is 30.5 Å². The van der Waals surface area contributed by atoms with Gasteiger partial charge in [-0.05, 0) is 49.7 Å². The Kier molecular flexibility index (Phi) is 6.36. The zero-order valence-electron chi connectivity index (χ0n) is 16.6. The molecule has 7 nitrogen and oxygen atoms in total. The molecule has 0 aliphatic rings. The lowest BCUT2D eigenvalue weighted by Gasteiger charge is -2.14. The van der Waals surface area contributed by atoms with E-state index in [1.807, 2.05) is 19.1 Å². The Hall–Kier alpha value is -3.81. The van der Waals surface area contributed by atoms with E-state index < -0.39 is 23.2 Å². The van der Waals surface area contributed by atoms with Gasteiger partial charge < -0.3 is 10.6 Å². The van der Waals surface area contributed by atoms with E-state index in [4.69, 9.17) is 0 Å². The van der Waals surface area contributed by atoms with E-state index in [9.17, 15) is 18.8 Å². The second-order valence-corrected chi connectivity index (χ2v) is 6.62. The Labute approximate surface area is 172 Å². The van der Waals surface area contributed by atoms with Crippen LogP contribution in [0, 0.1) is 12.7 Å². The van der Waals surface area contributed by atoms with Gasteiger partial charge in [0.25, 0.3) is 11.5 Å². The fraction of sp³-hybridized carbons (Fsp3) is 0.182. The lowest BCUT2D eigenvalue weighted by atomic mass is 10.2. The van der Waals surface area contributed by atoms with Gasteiger partial charge in [0.1, 0.15) is 23.7 Å². The van der Waals surface area contributed by atoms with Crippen LogP contribution >= 0.6 is 0 Å². The predicted octanol–water partition coefficient (Wildman–Crippen LogP) is 2.75. The number of carbonyl (C=O) groups is 2. The number of carbonyl (C=O) groups excluding carboxylic acids is 2. The molecule has 0 bridgehead atoms. The summed E-state index contributed by atoms with van der Waals surface area (Å²) in [5.74, 6) is -1.31. The molecule has 154 valence electrons. The van der Waals surface area contributed by atoms with Crippen molar-refractivity contribution < 1.29 is 14.0 Å². The van der Waals surface area contributed by atoms with Crippen molar-refractivity contribution >= 4 is 17.5 Å². The van der Waals surface area contributed by atoms with Gasteiger partial charge >= 0.3 is 0 Å². The number of hydrogen-bond donors (Lipinski definition) is 2. The molecule has 2 amide bonds. The van der Waals surface area contributed by atoms with Crippen LogP contribution in [-0.2, 0) is 11.3 Å². The summed E-state index contributed by atoms with van der Waals surface area (Å²) < 4.78 is 14.4. The predicted molar refractivity (Wildman–Crippen MR) is 112 cm³/mol. The number of amides is 2. The Morgan fingerprint density at radius 3 is 2.47 bits per heavy atom. The fourth-order valence-electron chi connectivity index (χ4n) is 2.93. The van der Waals surface area contributed by atoms with Gasteiger partial charge in [0, 0.05) is 24.0 Å². The van der Waals surface area contributed by atoms with Crippen LogP contribution in [0.25, 0.3) is 11.4 Å². The quantitative estimate of drug-likeness (QED) is 0.656. The van der Waals surface area contributed by atoms with Crippen LogP contribution in [-0.4, -0.2) is 27.9 Å². The molecule has 0 unspecified atom stereocenters. The van der Waals surface area contributed by atoms with Crippen LogP contribution in [0.4, 0.5) is 10.1 Å². The first-order chi connectivity index (χ1) is 14.4. The number of para-hydroxylation sites is 1. The molecule has 2 N–H and O–H groups in total. The third-order valence-corrected chi connectivity index (χ3v) is 4.45. The highest BCUT2D eigenvalue weighted by Gasteiger charge is 2.19. The molecule has 3 rings (SSSR count). The summed E-state index contributed by atoms with van der Waals surface area (Å²) in [6.45, 7) is 3.56. The zero-order valence-corrected chi connectivity index (χ0v) is 16.6. The molecule has 0 aliphatic heterocycles. The zero-order chi connectivity index (χ0) is 21.7. The maximum atomic E-state index is 13.3. The van der Waals surface area contributed by atoms with Crippen molar-refractivity contribution in [3.63, 3.8) is 0 Å². The number of hydrogen-bond acceptors (Lipinski definition) is 4. The van der Waals surface area contributed by atoms with Gasteiger partial charge in [0.2, 0.25) is 5.91 Å². The molecule has 0 atom stereocenters. The fourth-order valence-corrected chi connectivity index (χ4v) is 2.93. The molecule has 0 aliphatic carbocycles. The summed E-state index contributed by atoms with van der Waals surface area (Å²) in [4.78, 5) is 42.1. The van der Waals surface area contributed by atoms with E-state index in [1.54, 1.807) is 19.1 Å². The first-order valence-electron chi connectivity index (χ1n) is 9.40. The van der Waals surface area contributed by atoms with E-state index in [2.05, 4.69) is 15.6 Å². The monoisotopic (exact) mass is 408 g/mol. The number of halogens is 1. The molecule has 30 heavy (non-hydrogen) atoms. The van der Waals surface area contributed by atoms with Crippen LogP contribution in [0.3, 0.4) is 0 Å². The van der Waals surface area contributed by atoms with Gasteiger partial charge in [-0.1, -0.05) is 18.2 Å².